The number of rotatable bonds is 9. The Morgan fingerprint density at radius 1 is 1.08 bits per heavy atom. The third-order valence-electron chi connectivity index (χ3n) is 3.60. The number of benzene rings is 2. The van der Waals surface area contributed by atoms with Crippen molar-refractivity contribution in [2.75, 3.05) is 18.5 Å². The summed E-state index contributed by atoms with van der Waals surface area (Å²) in [6, 6.07) is 10.7. The highest BCUT2D eigenvalue weighted by Crippen LogP contribution is 2.29. The zero-order valence-electron chi connectivity index (χ0n) is 14.9. The van der Waals surface area contributed by atoms with Crippen LogP contribution in [0.3, 0.4) is 0 Å². The maximum atomic E-state index is 12.4. The first-order valence-electron chi connectivity index (χ1n) is 8.50. The molecule has 7 heteroatoms. The van der Waals surface area contributed by atoms with E-state index in [2.05, 4.69) is 12.2 Å². The van der Waals surface area contributed by atoms with Gasteiger partial charge in [0.15, 0.2) is 11.5 Å². The minimum Gasteiger partial charge on any atom is -0.490 e. The minimum absolute atomic E-state index is 0.0322. The number of amides is 1. The van der Waals surface area contributed by atoms with E-state index >= 15 is 0 Å². The number of nitrogens with one attached hydrogen (secondary N) is 1. The molecule has 1 N–H and O–H groups in total. The fraction of sp³-hybridized carbons (Fsp3) is 0.316. The molecule has 7 nitrogen and oxygen atoms in total. The van der Waals surface area contributed by atoms with Gasteiger partial charge in [0.25, 0.3) is 11.6 Å². The van der Waals surface area contributed by atoms with Crippen molar-refractivity contribution in [3.63, 3.8) is 0 Å². The topological polar surface area (TPSA) is 90.7 Å². The number of hydrogen-bond acceptors (Lipinski definition) is 5. The zero-order chi connectivity index (χ0) is 18.9. The van der Waals surface area contributed by atoms with Crippen LogP contribution < -0.4 is 14.8 Å². The molecule has 0 aliphatic rings. The van der Waals surface area contributed by atoms with Gasteiger partial charge >= 0.3 is 0 Å². The van der Waals surface area contributed by atoms with Crippen LogP contribution in [0.2, 0.25) is 0 Å². The van der Waals surface area contributed by atoms with Crippen molar-refractivity contribution in [1.29, 1.82) is 0 Å². The predicted molar refractivity (Wildman–Crippen MR) is 99.1 cm³/mol. The van der Waals surface area contributed by atoms with E-state index in [1.807, 2.05) is 6.92 Å². The van der Waals surface area contributed by atoms with Crippen LogP contribution in [0, 0.1) is 10.1 Å². The van der Waals surface area contributed by atoms with Crippen molar-refractivity contribution >= 4 is 17.3 Å². The van der Waals surface area contributed by atoms with E-state index in [1.165, 1.54) is 24.3 Å². The number of nitro groups is 1. The highest BCUT2D eigenvalue weighted by molar-refractivity contribution is 6.04. The smallest absolute Gasteiger partial charge is 0.269 e. The fourth-order valence-electron chi connectivity index (χ4n) is 2.23. The predicted octanol–water partition coefficient (Wildman–Crippen LogP) is 4.42. The molecule has 0 atom stereocenters. The van der Waals surface area contributed by atoms with E-state index in [1.54, 1.807) is 18.2 Å². The SMILES string of the molecule is CCCCOc1ccc(C(=O)Nc2ccc([N+](=O)[O-])cc2)cc1OCC. The zero-order valence-corrected chi connectivity index (χ0v) is 14.9. The van der Waals surface area contributed by atoms with E-state index in [0.717, 1.165) is 12.8 Å². The average molecular weight is 358 g/mol. The molecule has 0 bridgehead atoms. The third kappa shape index (κ3) is 5.20. The Kier molecular flexibility index (Phi) is 6.96. The van der Waals surface area contributed by atoms with Gasteiger partial charge in [-0.15, -0.1) is 0 Å². The number of non-ortho nitro benzene ring substituents is 1. The van der Waals surface area contributed by atoms with Gasteiger partial charge < -0.3 is 14.8 Å². The van der Waals surface area contributed by atoms with Crippen molar-refractivity contribution in [2.45, 2.75) is 26.7 Å². The van der Waals surface area contributed by atoms with E-state index < -0.39 is 4.92 Å². The summed E-state index contributed by atoms with van der Waals surface area (Å²) in [5, 5.41) is 13.4. The van der Waals surface area contributed by atoms with Crippen molar-refractivity contribution in [3.05, 3.63) is 58.1 Å². The van der Waals surface area contributed by atoms with E-state index in [-0.39, 0.29) is 11.6 Å². The number of carbonyl (C=O) groups excluding carboxylic acids is 1. The van der Waals surface area contributed by atoms with Gasteiger partial charge in [0.05, 0.1) is 18.1 Å². The van der Waals surface area contributed by atoms with Gasteiger partial charge in [-0.25, -0.2) is 0 Å². The standard InChI is InChI=1S/C19H22N2O5/c1-3-5-12-26-17-11-6-14(13-18(17)25-4-2)19(22)20-15-7-9-16(10-8-15)21(23)24/h6-11,13H,3-5,12H2,1-2H3,(H,20,22). The molecule has 0 spiro atoms. The monoisotopic (exact) mass is 358 g/mol. The quantitative estimate of drug-likeness (QED) is 0.407. The van der Waals surface area contributed by atoms with Gasteiger partial charge in [-0.05, 0) is 43.7 Å². The number of hydrogen-bond donors (Lipinski definition) is 1. The molecule has 26 heavy (non-hydrogen) atoms. The highest BCUT2D eigenvalue weighted by Gasteiger charge is 2.13. The number of nitrogens with zero attached hydrogens (tertiary/aromatic N) is 1. The highest BCUT2D eigenvalue weighted by atomic mass is 16.6. The van der Waals surface area contributed by atoms with Gasteiger partial charge in [-0.3, -0.25) is 14.9 Å². The first-order chi connectivity index (χ1) is 12.5. The summed E-state index contributed by atoms with van der Waals surface area (Å²) < 4.78 is 11.3. The van der Waals surface area contributed by atoms with Crippen LogP contribution in [-0.4, -0.2) is 24.0 Å². The molecule has 2 aromatic carbocycles. The molecule has 2 aromatic rings. The first kappa shape index (κ1) is 19.2. The van der Waals surface area contributed by atoms with Gasteiger partial charge in [-0.1, -0.05) is 13.3 Å². The molecule has 0 aliphatic carbocycles. The van der Waals surface area contributed by atoms with Crippen molar-refractivity contribution in [3.8, 4) is 11.5 Å². The molecule has 1 amide bonds. The van der Waals surface area contributed by atoms with Crippen molar-refractivity contribution in [1.82, 2.24) is 0 Å². The third-order valence-corrected chi connectivity index (χ3v) is 3.60. The molecule has 0 saturated carbocycles. The Labute approximate surface area is 152 Å². The second-order valence-electron chi connectivity index (χ2n) is 5.55. The summed E-state index contributed by atoms with van der Waals surface area (Å²) in [5.74, 6) is 0.784. The average Bonchev–Trinajstić information content (AvgIpc) is 2.63. The second-order valence-corrected chi connectivity index (χ2v) is 5.55. The largest absolute Gasteiger partial charge is 0.490 e. The molecule has 0 radical (unpaired) electrons. The summed E-state index contributed by atoms with van der Waals surface area (Å²) >= 11 is 0. The fourth-order valence-corrected chi connectivity index (χ4v) is 2.23. The van der Waals surface area contributed by atoms with Crippen LogP contribution in [-0.2, 0) is 0 Å². The molecule has 138 valence electrons. The molecule has 0 heterocycles. The summed E-state index contributed by atoms with van der Waals surface area (Å²) in [6.07, 6.45) is 1.97. The van der Waals surface area contributed by atoms with Crippen molar-refractivity contribution in [2.24, 2.45) is 0 Å². The van der Waals surface area contributed by atoms with Crippen LogP contribution in [0.15, 0.2) is 42.5 Å². The lowest BCUT2D eigenvalue weighted by Gasteiger charge is -2.13. The molecule has 0 aromatic heterocycles. The van der Waals surface area contributed by atoms with Gasteiger partial charge in [-0.2, -0.15) is 0 Å². The Morgan fingerprint density at radius 2 is 1.81 bits per heavy atom. The minimum atomic E-state index is -0.489. The second kappa shape index (κ2) is 9.41. The number of unbranched alkanes of at least 4 members (excludes halogenated alkanes) is 1. The first-order valence-corrected chi connectivity index (χ1v) is 8.50. The van der Waals surface area contributed by atoms with Gasteiger partial charge in [0, 0.05) is 23.4 Å². The summed E-state index contributed by atoms with van der Waals surface area (Å²) in [4.78, 5) is 22.6. The molecular weight excluding hydrogens is 336 g/mol. The Morgan fingerprint density at radius 3 is 2.42 bits per heavy atom. The Hall–Kier alpha value is -3.09. The molecule has 0 saturated heterocycles. The number of ether oxygens (including phenoxy) is 2. The van der Waals surface area contributed by atoms with Crippen LogP contribution in [0.4, 0.5) is 11.4 Å². The van der Waals surface area contributed by atoms with Crippen molar-refractivity contribution < 1.29 is 19.2 Å². The van der Waals surface area contributed by atoms with E-state index in [9.17, 15) is 14.9 Å². The van der Waals surface area contributed by atoms with Gasteiger partial charge in [0.1, 0.15) is 0 Å². The maximum Gasteiger partial charge on any atom is 0.269 e. The lowest BCUT2D eigenvalue weighted by Crippen LogP contribution is -2.12. The molecule has 2 rings (SSSR count). The molecule has 0 aliphatic heterocycles. The van der Waals surface area contributed by atoms with Crippen LogP contribution in [0.25, 0.3) is 0 Å². The van der Waals surface area contributed by atoms with E-state index in [4.69, 9.17) is 9.47 Å². The normalized spacial score (nSPS) is 10.2. The number of carbonyl (C=O) groups is 1. The maximum absolute atomic E-state index is 12.4. The molecule has 0 fully saturated rings. The lowest BCUT2D eigenvalue weighted by molar-refractivity contribution is -0.384. The Bertz CT molecular complexity index is 759. The molecular formula is C19H22N2O5. The van der Waals surface area contributed by atoms with Gasteiger partial charge in [0.2, 0.25) is 0 Å². The summed E-state index contributed by atoms with van der Waals surface area (Å²) in [7, 11) is 0. The number of nitro benzene ring substituents is 1. The molecule has 0 unspecified atom stereocenters. The lowest BCUT2D eigenvalue weighted by atomic mass is 10.1. The van der Waals surface area contributed by atoms with E-state index in [0.29, 0.717) is 36.0 Å². The van der Waals surface area contributed by atoms with Crippen LogP contribution >= 0.6 is 0 Å². The number of anilines is 1. The summed E-state index contributed by atoms with van der Waals surface area (Å²) in [5.41, 5.74) is 0.853. The Balaban J connectivity index is 2.12. The van der Waals surface area contributed by atoms with Crippen LogP contribution in [0.5, 0.6) is 11.5 Å². The summed E-state index contributed by atoms with van der Waals surface area (Å²) in [6.45, 7) is 4.99. The van der Waals surface area contributed by atoms with Crippen LogP contribution in [0.1, 0.15) is 37.0 Å².